The molecule has 4 nitrogen and oxygen atoms in total. The first-order valence-electron chi connectivity index (χ1n) is 6.14. The molecule has 1 unspecified atom stereocenters. The number of hydrogen-bond donors (Lipinski definition) is 2. The molecule has 2 N–H and O–H groups in total. The molecule has 1 aromatic carbocycles. The van der Waals surface area contributed by atoms with E-state index in [0.717, 1.165) is 23.5 Å². The zero-order chi connectivity index (χ0) is 13.6. The maximum atomic E-state index is 9.35. The van der Waals surface area contributed by atoms with E-state index in [1.165, 1.54) is 0 Å². The summed E-state index contributed by atoms with van der Waals surface area (Å²) in [6.45, 7) is 4.84. The minimum absolute atomic E-state index is 0.116. The number of hydrogen-bond acceptors (Lipinski definition) is 4. The fourth-order valence-electron chi connectivity index (χ4n) is 1.58. The number of aliphatic hydroxyl groups is 1. The van der Waals surface area contributed by atoms with Crippen LogP contribution in [0, 0.1) is 0 Å². The van der Waals surface area contributed by atoms with Crippen molar-refractivity contribution >= 4 is 0 Å². The van der Waals surface area contributed by atoms with E-state index in [1.54, 1.807) is 14.2 Å². The molecular weight excluding hydrogens is 230 g/mol. The summed E-state index contributed by atoms with van der Waals surface area (Å²) in [4.78, 5) is 0. The van der Waals surface area contributed by atoms with Crippen LogP contribution in [0.25, 0.3) is 0 Å². The molecule has 0 heterocycles. The predicted molar refractivity (Wildman–Crippen MR) is 72.2 cm³/mol. The van der Waals surface area contributed by atoms with Gasteiger partial charge in [0, 0.05) is 18.2 Å². The van der Waals surface area contributed by atoms with Gasteiger partial charge < -0.3 is 19.9 Å². The number of ether oxygens (including phenoxy) is 2. The second-order valence-electron chi connectivity index (χ2n) is 4.65. The molecule has 0 aliphatic heterocycles. The van der Waals surface area contributed by atoms with Crippen molar-refractivity contribution in [1.29, 1.82) is 0 Å². The maximum absolute atomic E-state index is 9.35. The Morgan fingerprint density at radius 3 is 2.11 bits per heavy atom. The highest BCUT2D eigenvalue weighted by Gasteiger charge is 2.19. The molecule has 0 fully saturated rings. The van der Waals surface area contributed by atoms with Gasteiger partial charge in [-0.1, -0.05) is 6.92 Å². The third kappa shape index (κ3) is 3.89. The van der Waals surface area contributed by atoms with Crippen molar-refractivity contribution in [2.75, 3.05) is 20.8 Å². The van der Waals surface area contributed by atoms with Gasteiger partial charge in [-0.25, -0.2) is 0 Å². The first-order chi connectivity index (χ1) is 8.56. The fourth-order valence-corrected chi connectivity index (χ4v) is 1.58. The van der Waals surface area contributed by atoms with Crippen LogP contribution in [0.15, 0.2) is 18.2 Å². The molecule has 0 saturated carbocycles. The van der Waals surface area contributed by atoms with Gasteiger partial charge in [-0.05, 0) is 31.0 Å². The lowest BCUT2D eigenvalue weighted by atomic mass is 10.00. The standard InChI is InChI=1S/C14H23NO3/c1-5-14(2,10-16)15-9-11-6-12(17-3)8-13(7-11)18-4/h6-8,15-16H,5,9-10H2,1-4H3. The zero-order valence-electron chi connectivity index (χ0n) is 11.6. The highest BCUT2D eigenvalue weighted by molar-refractivity contribution is 5.38. The first-order valence-corrected chi connectivity index (χ1v) is 6.14. The Morgan fingerprint density at radius 1 is 1.17 bits per heavy atom. The van der Waals surface area contributed by atoms with Gasteiger partial charge >= 0.3 is 0 Å². The van der Waals surface area contributed by atoms with Crippen LogP contribution in [-0.2, 0) is 6.54 Å². The smallest absolute Gasteiger partial charge is 0.122 e. The summed E-state index contributed by atoms with van der Waals surface area (Å²) < 4.78 is 10.4. The molecular formula is C14H23NO3. The molecule has 1 aromatic rings. The third-order valence-electron chi connectivity index (χ3n) is 3.26. The number of benzene rings is 1. The number of aliphatic hydroxyl groups excluding tert-OH is 1. The van der Waals surface area contributed by atoms with Crippen LogP contribution in [0.4, 0.5) is 0 Å². The maximum Gasteiger partial charge on any atom is 0.122 e. The van der Waals surface area contributed by atoms with E-state index in [2.05, 4.69) is 12.2 Å². The Hall–Kier alpha value is -1.26. The number of nitrogens with one attached hydrogen (secondary N) is 1. The van der Waals surface area contributed by atoms with Gasteiger partial charge in [0.25, 0.3) is 0 Å². The fraction of sp³-hybridized carbons (Fsp3) is 0.571. The largest absolute Gasteiger partial charge is 0.497 e. The molecule has 4 heteroatoms. The summed E-state index contributed by atoms with van der Waals surface area (Å²) in [5.41, 5.74) is 0.815. The lowest BCUT2D eigenvalue weighted by molar-refractivity contribution is 0.169. The normalized spacial score (nSPS) is 14.1. The summed E-state index contributed by atoms with van der Waals surface area (Å²) >= 11 is 0. The molecule has 0 aliphatic carbocycles. The second kappa shape index (κ2) is 6.61. The molecule has 0 radical (unpaired) electrons. The van der Waals surface area contributed by atoms with Crippen LogP contribution in [0.3, 0.4) is 0 Å². The summed E-state index contributed by atoms with van der Waals surface area (Å²) in [5, 5.41) is 12.7. The van der Waals surface area contributed by atoms with Crippen molar-refractivity contribution in [3.8, 4) is 11.5 Å². The Kier molecular flexibility index (Phi) is 5.44. The van der Waals surface area contributed by atoms with Crippen LogP contribution in [0.2, 0.25) is 0 Å². The average molecular weight is 253 g/mol. The Labute approximate surface area is 109 Å². The SMILES string of the molecule is CCC(C)(CO)NCc1cc(OC)cc(OC)c1. The molecule has 0 spiro atoms. The van der Waals surface area contributed by atoms with Crippen molar-refractivity contribution < 1.29 is 14.6 Å². The van der Waals surface area contributed by atoms with Crippen LogP contribution < -0.4 is 14.8 Å². The van der Waals surface area contributed by atoms with Gasteiger partial charge in [0.2, 0.25) is 0 Å². The van der Waals surface area contributed by atoms with E-state index in [0.29, 0.717) is 6.54 Å². The molecule has 18 heavy (non-hydrogen) atoms. The number of methoxy groups -OCH3 is 2. The Morgan fingerprint density at radius 2 is 1.72 bits per heavy atom. The first kappa shape index (κ1) is 14.8. The minimum atomic E-state index is -0.254. The molecule has 0 aliphatic rings. The van der Waals surface area contributed by atoms with Crippen molar-refractivity contribution in [1.82, 2.24) is 5.32 Å². The summed E-state index contributed by atoms with van der Waals surface area (Å²) in [5.74, 6) is 1.54. The topological polar surface area (TPSA) is 50.7 Å². The van der Waals surface area contributed by atoms with E-state index in [4.69, 9.17) is 9.47 Å². The van der Waals surface area contributed by atoms with Gasteiger partial charge in [0.15, 0.2) is 0 Å². The second-order valence-corrected chi connectivity index (χ2v) is 4.65. The van der Waals surface area contributed by atoms with Crippen LogP contribution in [0.5, 0.6) is 11.5 Å². The quantitative estimate of drug-likeness (QED) is 0.780. The number of rotatable bonds is 7. The Bertz CT molecular complexity index is 353. The third-order valence-corrected chi connectivity index (χ3v) is 3.26. The van der Waals surface area contributed by atoms with Crippen molar-refractivity contribution in [3.05, 3.63) is 23.8 Å². The molecule has 0 bridgehead atoms. The highest BCUT2D eigenvalue weighted by Crippen LogP contribution is 2.23. The summed E-state index contributed by atoms with van der Waals surface area (Å²) in [6.07, 6.45) is 0.866. The lowest BCUT2D eigenvalue weighted by Crippen LogP contribution is -2.44. The van der Waals surface area contributed by atoms with Gasteiger partial charge in [-0.3, -0.25) is 0 Å². The molecule has 102 valence electrons. The van der Waals surface area contributed by atoms with E-state index in [9.17, 15) is 5.11 Å². The van der Waals surface area contributed by atoms with E-state index in [1.807, 2.05) is 25.1 Å². The lowest BCUT2D eigenvalue weighted by Gasteiger charge is -2.27. The molecule has 1 rings (SSSR count). The molecule has 0 amide bonds. The van der Waals surface area contributed by atoms with E-state index in [-0.39, 0.29) is 12.1 Å². The van der Waals surface area contributed by atoms with Crippen LogP contribution >= 0.6 is 0 Å². The van der Waals surface area contributed by atoms with Gasteiger partial charge in [0.1, 0.15) is 11.5 Å². The van der Waals surface area contributed by atoms with E-state index >= 15 is 0 Å². The van der Waals surface area contributed by atoms with E-state index < -0.39 is 0 Å². The average Bonchev–Trinajstić information content (AvgIpc) is 2.44. The van der Waals surface area contributed by atoms with Crippen LogP contribution in [-0.4, -0.2) is 31.5 Å². The predicted octanol–water partition coefficient (Wildman–Crippen LogP) is 1.95. The molecule has 0 saturated heterocycles. The minimum Gasteiger partial charge on any atom is -0.497 e. The van der Waals surface area contributed by atoms with Crippen LogP contribution in [0.1, 0.15) is 25.8 Å². The molecule has 1 atom stereocenters. The molecule has 0 aromatic heterocycles. The Balaban J connectivity index is 2.78. The van der Waals surface area contributed by atoms with Crippen molar-refractivity contribution in [2.45, 2.75) is 32.4 Å². The highest BCUT2D eigenvalue weighted by atomic mass is 16.5. The summed E-state index contributed by atoms with van der Waals surface area (Å²) in [6, 6.07) is 5.76. The van der Waals surface area contributed by atoms with Crippen molar-refractivity contribution in [2.24, 2.45) is 0 Å². The summed E-state index contributed by atoms with van der Waals surface area (Å²) in [7, 11) is 3.27. The van der Waals surface area contributed by atoms with Gasteiger partial charge in [0.05, 0.1) is 20.8 Å². The monoisotopic (exact) mass is 253 g/mol. The van der Waals surface area contributed by atoms with Gasteiger partial charge in [-0.15, -0.1) is 0 Å². The zero-order valence-corrected chi connectivity index (χ0v) is 11.6. The van der Waals surface area contributed by atoms with Crippen molar-refractivity contribution in [3.63, 3.8) is 0 Å². The van der Waals surface area contributed by atoms with Gasteiger partial charge in [-0.2, -0.15) is 0 Å².